The van der Waals surface area contributed by atoms with Gasteiger partial charge in [0.25, 0.3) is 5.91 Å². The second-order valence-corrected chi connectivity index (χ2v) is 9.77. The predicted octanol–water partition coefficient (Wildman–Crippen LogP) is 2.30. The molecule has 12 heteroatoms. The molecule has 3 heterocycles. The monoisotopic (exact) mass is 538 g/mol. The zero-order chi connectivity index (χ0) is 27.9. The summed E-state index contributed by atoms with van der Waals surface area (Å²) in [6, 6.07) is 4.94. The van der Waals surface area contributed by atoms with Crippen LogP contribution in [0.15, 0.2) is 18.2 Å². The summed E-state index contributed by atoms with van der Waals surface area (Å²) in [6.45, 7) is 10.1. The Morgan fingerprint density at radius 2 is 1.90 bits per heavy atom. The number of nitrogens with zero attached hydrogens (tertiary/aromatic N) is 5. The number of hydrogen-bond acceptors (Lipinski definition) is 7. The fraction of sp³-hybridized carbons (Fsp3) is 0.519. The van der Waals surface area contributed by atoms with Crippen LogP contribution in [0.5, 0.6) is 5.75 Å². The highest BCUT2D eigenvalue weighted by molar-refractivity contribution is 6.04. The van der Waals surface area contributed by atoms with Gasteiger partial charge in [0.1, 0.15) is 17.0 Å². The highest BCUT2D eigenvalue weighted by atomic mass is 16.5. The van der Waals surface area contributed by atoms with Crippen molar-refractivity contribution in [3.63, 3.8) is 0 Å². The summed E-state index contributed by atoms with van der Waals surface area (Å²) in [4.78, 5) is 44.2. The first-order valence-corrected chi connectivity index (χ1v) is 13.6. The van der Waals surface area contributed by atoms with Crippen molar-refractivity contribution < 1.29 is 19.1 Å². The zero-order valence-corrected chi connectivity index (χ0v) is 23.0. The minimum Gasteiger partial charge on any atom is -0.491 e. The molecular formula is C27H38N8O4. The molecule has 1 fully saturated rings. The average Bonchev–Trinajstić information content (AvgIpc) is 3.63. The summed E-state index contributed by atoms with van der Waals surface area (Å²) >= 11 is 0. The van der Waals surface area contributed by atoms with Gasteiger partial charge in [-0.05, 0) is 70.8 Å². The number of nitrogens with one attached hydrogen (secondary N) is 2. The number of carbonyl (C=O) groups is 3. The highest BCUT2D eigenvalue weighted by Gasteiger charge is 2.21. The maximum atomic E-state index is 13.1. The topological polar surface area (TPSA) is 149 Å². The van der Waals surface area contributed by atoms with Crippen molar-refractivity contribution in [2.45, 2.75) is 59.5 Å². The molecule has 0 atom stereocenters. The van der Waals surface area contributed by atoms with E-state index in [0.29, 0.717) is 67.6 Å². The van der Waals surface area contributed by atoms with E-state index >= 15 is 0 Å². The number of ether oxygens (including phenoxy) is 1. The maximum Gasteiger partial charge on any atom is 0.276 e. The second kappa shape index (κ2) is 12.7. The van der Waals surface area contributed by atoms with Crippen LogP contribution >= 0.6 is 0 Å². The van der Waals surface area contributed by atoms with Gasteiger partial charge in [-0.15, -0.1) is 0 Å². The number of rotatable bonds is 13. The predicted molar refractivity (Wildman–Crippen MR) is 148 cm³/mol. The van der Waals surface area contributed by atoms with Crippen LogP contribution in [0.3, 0.4) is 0 Å². The van der Waals surface area contributed by atoms with Gasteiger partial charge < -0.3 is 20.4 Å². The number of amides is 3. The number of benzene rings is 1. The Labute approximate surface area is 227 Å². The molecule has 0 aliphatic carbocycles. The van der Waals surface area contributed by atoms with E-state index in [4.69, 9.17) is 10.5 Å². The van der Waals surface area contributed by atoms with E-state index in [1.807, 2.05) is 25.3 Å². The summed E-state index contributed by atoms with van der Waals surface area (Å²) in [7, 11) is 0. The molecule has 0 spiro atoms. The Hall–Kier alpha value is -3.93. The Morgan fingerprint density at radius 3 is 2.59 bits per heavy atom. The SMILES string of the molecule is CCCn1c(NC(=O)c2cc(C)nn2CC)nc2cc(C(N)=O)cc(OCCCNC(=O)CN3CCCC3)c21. The molecule has 1 aliphatic heterocycles. The van der Waals surface area contributed by atoms with Crippen molar-refractivity contribution in [3.05, 3.63) is 35.2 Å². The van der Waals surface area contributed by atoms with E-state index in [9.17, 15) is 14.4 Å². The molecular weight excluding hydrogens is 500 g/mol. The third-order valence-corrected chi connectivity index (χ3v) is 6.66. The number of primary amides is 1. The minimum atomic E-state index is -0.603. The standard InChI is InChI=1S/C27H38N8O4/c1-4-10-34-24-20(30-27(34)31-26(38)21-14-18(3)32-35(21)5-2)15-19(25(28)37)16-22(24)39-13-8-9-29-23(36)17-33-11-6-7-12-33/h14-16H,4-13,17H2,1-3H3,(H2,28,37)(H,29,36)(H,30,31,38). The summed E-state index contributed by atoms with van der Waals surface area (Å²) in [5.74, 6) is -0.128. The maximum absolute atomic E-state index is 13.1. The summed E-state index contributed by atoms with van der Waals surface area (Å²) in [5.41, 5.74) is 8.18. The molecule has 3 amide bonds. The molecule has 3 aromatic rings. The van der Waals surface area contributed by atoms with Crippen molar-refractivity contribution in [2.24, 2.45) is 5.73 Å². The van der Waals surface area contributed by atoms with Gasteiger partial charge >= 0.3 is 0 Å². The number of aromatic nitrogens is 4. The van der Waals surface area contributed by atoms with Gasteiger partial charge in [0, 0.05) is 25.2 Å². The average molecular weight is 539 g/mol. The number of aryl methyl sites for hydroxylation is 3. The van der Waals surface area contributed by atoms with E-state index in [1.54, 1.807) is 22.9 Å². The second-order valence-electron chi connectivity index (χ2n) is 9.77. The Kier molecular flexibility index (Phi) is 9.18. The Bertz CT molecular complexity index is 1340. The van der Waals surface area contributed by atoms with Gasteiger partial charge in [0.05, 0.1) is 24.4 Å². The van der Waals surface area contributed by atoms with Crippen molar-refractivity contribution in [1.29, 1.82) is 0 Å². The molecule has 2 aromatic heterocycles. The van der Waals surface area contributed by atoms with Gasteiger partial charge in [-0.2, -0.15) is 5.10 Å². The van der Waals surface area contributed by atoms with Crippen LogP contribution in [0.2, 0.25) is 0 Å². The molecule has 210 valence electrons. The fourth-order valence-corrected chi connectivity index (χ4v) is 4.84. The molecule has 0 radical (unpaired) electrons. The van der Waals surface area contributed by atoms with E-state index < -0.39 is 5.91 Å². The number of hydrogen-bond donors (Lipinski definition) is 3. The first kappa shape index (κ1) is 28.1. The number of fused-ring (bicyclic) bond motifs is 1. The molecule has 0 saturated carbocycles. The van der Waals surface area contributed by atoms with Crippen molar-refractivity contribution in [2.75, 3.05) is 38.1 Å². The molecule has 39 heavy (non-hydrogen) atoms. The Balaban J connectivity index is 1.51. The van der Waals surface area contributed by atoms with Crippen molar-refractivity contribution in [3.8, 4) is 5.75 Å². The zero-order valence-electron chi connectivity index (χ0n) is 23.0. The minimum absolute atomic E-state index is 0.0102. The summed E-state index contributed by atoms with van der Waals surface area (Å²) in [5, 5.41) is 10.2. The molecule has 4 N–H and O–H groups in total. The Morgan fingerprint density at radius 1 is 1.13 bits per heavy atom. The van der Waals surface area contributed by atoms with Gasteiger partial charge in [-0.25, -0.2) is 4.98 Å². The highest BCUT2D eigenvalue weighted by Crippen LogP contribution is 2.31. The molecule has 0 unspecified atom stereocenters. The number of nitrogens with two attached hydrogens (primary N) is 1. The number of anilines is 1. The number of imidazole rings is 1. The molecule has 4 rings (SSSR count). The molecule has 1 aromatic carbocycles. The largest absolute Gasteiger partial charge is 0.491 e. The van der Waals surface area contributed by atoms with Crippen LogP contribution in [0.25, 0.3) is 11.0 Å². The quantitative estimate of drug-likeness (QED) is 0.283. The third-order valence-electron chi connectivity index (χ3n) is 6.66. The van der Waals surface area contributed by atoms with Crippen molar-refractivity contribution in [1.82, 2.24) is 29.5 Å². The van der Waals surface area contributed by atoms with E-state index in [2.05, 4.69) is 25.6 Å². The van der Waals surface area contributed by atoms with Crippen LogP contribution < -0.4 is 21.1 Å². The fourth-order valence-electron chi connectivity index (χ4n) is 4.84. The van der Waals surface area contributed by atoms with Gasteiger partial charge in [0.2, 0.25) is 17.8 Å². The summed E-state index contributed by atoms with van der Waals surface area (Å²) in [6.07, 6.45) is 3.65. The number of carbonyl (C=O) groups excluding carboxylic acids is 3. The first-order valence-electron chi connectivity index (χ1n) is 13.6. The molecule has 0 bridgehead atoms. The summed E-state index contributed by atoms with van der Waals surface area (Å²) < 4.78 is 9.62. The molecule has 1 aliphatic rings. The lowest BCUT2D eigenvalue weighted by molar-refractivity contribution is -0.122. The van der Waals surface area contributed by atoms with Crippen molar-refractivity contribution >= 4 is 34.7 Å². The van der Waals surface area contributed by atoms with E-state index in [0.717, 1.165) is 38.0 Å². The third kappa shape index (κ3) is 6.75. The first-order chi connectivity index (χ1) is 18.8. The van der Waals surface area contributed by atoms with Gasteiger partial charge in [-0.1, -0.05) is 6.92 Å². The van der Waals surface area contributed by atoms with Crippen LogP contribution in [0.1, 0.15) is 66.1 Å². The lowest BCUT2D eigenvalue weighted by Crippen LogP contribution is -2.36. The van der Waals surface area contributed by atoms with Crippen LogP contribution in [0.4, 0.5) is 5.95 Å². The van der Waals surface area contributed by atoms with Gasteiger partial charge in [-0.3, -0.25) is 29.3 Å². The lowest BCUT2D eigenvalue weighted by atomic mass is 10.1. The van der Waals surface area contributed by atoms with Crippen LogP contribution in [-0.4, -0.2) is 74.7 Å². The van der Waals surface area contributed by atoms with Gasteiger partial charge in [0.15, 0.2) is 0 Å². The normalized spacial score (nSPS) is 13.6. The number of likely N-dealkylation sites (tertiary alicyclic amines) is 1. The van der Waals surface area contributed by atoms with Crippen LogP contribution in [0, 0.1) is 6.92 Å². The smallest absolute Gasteiger partial charge is 0.276 e. The lowest BCUT2D eigenvalue weighted by Gasteiger charge is -2.15. The van der Waals surface area contributed by atoms with E-state index in [-0.39, 0.29) is 17.4 Å². The van der Waals surface area contributed by atoms with E-state index in [1.165, 1.54) is 0 Å². The molecule has 12 nitrogen and oxygen atoms in total. The van der Waals surface area contributed by atoms with Crippen LogP contribution in [-0.2, 0) is 17.9 Å². The molecule has 1 saturated heterocycles.